The van der Waals surface area contributed by atoms with Crippen molar-refractivity contribution in [3.63, 3.8) is 0 Å². The van der Waals surface area contributed by atoms with Crippen molar-refractivity contribution < 1.29 is 9.59 Å². The molecule has 22 heavy (non-hydrogen) atoms. The van der Waals surface area contributed by atoms with Crippen LogP contribution in [0.3, 0.4) is 0 Å². The van der Waals surface area contributed by atoms with Gasteiger partial charge in [0.15, 0.2) is 0 Å². The van der Waals surface area contributed by atoms with Gasteiger partial charge in [0, 0.05) is 6.54 Å². The first kappa shape index (κ1) is 18.8. The molecule has 0 bridgehead atoms. The Kier molecular flexibility index (Phi) is 8.28. The molecule has 0 spiro atoms. The van der Waals surface area contributed by atoms with Crippen molar-refractivity contribution in [3.8, 4) is 0 Å². The van der Waals surface area contributed by atoms with Gasteiger partial charge in [-0.1, -0.05) is 62.4 Å². The molecule has 0 fully saturated rings. The topological polar surface area (TPSA) is 58.2 Å². The Morgan fingerprint density at radius 3 is 2.55 bits per heavy atom. The van der Waals surface area contributed by atoms with E-state index in [0.717, 1.165) is 25.7 Å². The maximum atomic E-state index is 11.9. The standard InChI is InChI=1S/C16H22Cl2N2O2/c1-3-5-7-11(4-2)10-19-15(21)16(22)20-13-9-6-8-12(17)14(13)18/h6,8-9,11H,3-5,7,10H2,1-2H3,(H,19,21)(H,20,22)/t11-/m1/s1. The van der Waals surface area contributed by atoms with Crippen LogP contribution in [0.4, 0.5) is 5.69 Å². The molecule has 0 aromatic heterocycles. The Bertz CT molecular complexity index is 521. The number of amides is 2. The van der Waals surface area contributed by atoms with Gasteiger partial charge in [-0.2, -0.15) is 0 Å². The van der Waals surface area contributed by atoms with E-state index < -0.39 is 11.8 Å². The molecular formula is C16H22Cl2N2O2. The monoisotopic (exact) mass is 344 g/mol. The SMILES string of the molecule is CCCC[C@@H](CC)CNC(=O)C(=O)Nc1cccc(Cl)c1Cl. The normalized spacial score (nSPS) is 11.8. The highest BCUT2D eigenvalue weighted by atomic mass is 35.5. The van der Waals surface area contributed by atoms with Crippen molar-refractivity contribution in [1.29, 1.82) is 0 Å². The van der Waals surface area contributed by atoms with Gasteiger partial charge in [0.05, 0.1) is 15.7 Å². The predicted molar refractivity (Wildman–Crippen MR) is 91.4 cm³/mol. The Morgan fingerprint density at radius 1 is 1.18 bits per heavy atom. The highest BCUT2D eigenvalue weighted by molar-refractivity contribution is 6.45. The molecule has 1 aromatic rings. The van der Waals surface area contributed by atoms with Crippen molar-refractivity contribution in [2.75, 3.05) is 11.9 Å². The van der Waals surface area contributed by atoms with Gasteiger partial charge in [-0.05, 0) is 24.5 Å². The number of carbonyl (C=O) groups excluding carboxylic acids is 2. The van der Waals surface area contributed by atoms with Crippen LogP contribution >= 0.6 is 23.2 Å². The molecule has 2 amide bonds. The number of anilines is 1. The van der Waals surface area contributed by atoms with E-state index in [2.05, 4.69) is 24.5 Å². The van der Waals surface area contributed by atoms with Crippen LogP contribution in [0.15, 0.2) is 18.2 Å². The summed E-state index contributed by atoms with van der Waals surface area (Å²) in [6.45, 7) is 4.72. The Balaban J connectivity index is 2.51. The fraction of sp³-hybridized carbons (Fsp3) is 0.500. The van der Waals surface area contributed by atoms with Crippen molar-refractivity contribution in [2.24, 2.45) is 5.92 Å². The Labute approximate surface area is 141 Å². The lowest BCUT2D eigenvalue weighted by Gasteiger charge is -2.15. The highest BCUT2D eigenvalue weighted by Crippen LogP contribution is 2.29. The van der Waals surface area contributed by atoms with Gasteiger partial charge in [-0.25, -0.2) is 0 Å². The molecule has 4 nitrogen and oxygen atoms in total. The first-order valence-corrected chi connectivity index (χ1v) is 8.28. The molecule has 0 saturated heterocycles. The number of rotatable bonds is 7. The number of halogens is 2. The first-order chi connectivity index (χ1) is 10.5. The van der Waals surface area contributed by atoms with E-state index in [1.54, 1.807) is 18.2 Å². The minimum atomic E-state index is -0.741. The number of hydrogen-bond donors (Lipinski definition) is 2. The van der Waals surface area contributed by atoms with Crippen LogP contribution in [-0.4, -0.2) is 18.4 Å². The van der Waals surface area contributed by atoms with E-state index in [9.17, 15) is 9.59 Å². The molecule has 1 atom stereocenters. The zero-order chi connectivity index (χ0) is 16.5. The molecule has 0 unspecified atom stereocenters. The summed E-state index contributed by atoms with van der Waals surface area (Å²) in [6.07, 6.45) is 4.27. The summed E-state index contributed by atoms with van der Waals surface area (Å²) in [6, 6.07) is 4.86. The molecule has 0 aliphatic heterocycles. The average molecular weight is 345 g/mol. The molecule has 0 radical (unpaired) electrons. The number of hydrogen-bond acceptors (Lipinski definition) is 2. The van der Waals surface area contributed by atoms with Crippen molar-refractivity contribution in [2.45, 2.75) is 39.5 Å². The average Bonchev–Trinajstić information content (AvgIpc) is 2.51. The maximum Gasteiger partial charge on any atom is 0.313 e. The summed E-state index contributed by atoms with van der Waals surface area (Å²) in [7, 11) is 0. The number of benzene rings is 1. The lowest BCUT2D eigenvalue weighted by Crippen LogP contribution is -2.38. The summed E-state index contributed by atoms with van der Waals surface area (Å²) in [5.41, 5.74) is 0.326. The summed E-state index contributed by atoms with van der Waals surface area (Å²) in [5, 5.41) is 5.68. The number of nitrogens with one attached hydrogen (secondary N) is 2. The van der Waals surface area contributed by atoms with Crippen molar-refractivity contribution >= 4 is 40.7 Å². The summed E-state index contributed by atoms with van der Waals surface area (Å²) in [4.78, 5) is 23.7. The minimum Gasteiger partial charge on any atom is -0.348 e. The van der Waals surface area contributed by atoms with E-state index in [1.165, 1.54) is 0 Å². The Hall–Kier alpha value is -1.26. The summed E-state index contributed by atoms with van der Waals surface area (Å²) < 4.78 is 0. The van der Waals surface area contributed by atoms with Crippen LogP contribution in [-0.2, 0) is 9.59 Å². The third-order valence-corrected chi connectivity index (χ3v) is 4.32. The largest absolute Gasteiger partial charge is 0.348 e. The van der Waals surface area contributed by atoms with E-state index in [1.807, 2.05) is 0 Å². The third-order valence-electron chi connectivity index (χ3n) is 3.50. The number of carbonyl (C=O) groups is 2. The van der Waals surface area contributed by atoms with Crippen LogP contribution in [0.25, 0.3) is 0 Å². The molecule has 2 N–H and O–H groups in total. The molecule has 0 heterocycles. The maximum absolute atomic E-state index is 11.9. The second-order valence-electron chi connectivity index (χ2n) is 5.18. The van der Waals surface area contributed by atoms with Crippen molar-refractivity contribution in [1.82, 2.24) is 5.32 Å². The minimum absolute atomic E-state index is 0.222. The molecule has 0 saturated carbocycles. The smallest absolute Gasteiger partial charge is 0.313 e. The van der Waals surface area contributed by atoms with Gasteiger partial charge < -0.3 is 10.6 Å². The van der Waals surface area contributed by atoms with Crippen molar-refractivity contribution in [3.05, 3.63) is 28.2 Å². The molecule has 1 aromatic carbocycles. The lowest BCUT2D eigenvalue weighted by atomic mass is 9.99. The van der Waals surface area contributed by atoms with Crippen LogP contribution in [0.5, 0.6) is 0 Å². The predicted octanol–water partition coefficient (Wildman–Crippen LogP) is 4.26. The molecule has 0 aliphatic carbocycles. The van der Waals surface area contributed by atoms with E-state index >= 15 is 0 Å². The van der Waals surface area contributed by atoms with Gasteiger partial charge in [-0.15, -0.1) is 0 Å². The lowest BCUT2D eigenvalue weighted by molar-refractivity contribution is -0.136. The van der Waals surface area contributed by atoms with Crippen LogP contribution in [0, 0.1) is 5.92 Å². The molecule has 122 valence electrons. The van der Waals surface area contributed by atoms with Gasteiger partial charge in [0.25, 0.3) is 0 Å². The summed E-state index contributed by atoms with van der Waals surface area (Å²) >= 11 is 11.8. The quantitative estimate of drug-likeness (QED) is 0.725. The van der Waals surface area contributed by atoms with Gasteiger partial charge in [-0.3, -0.25) is 9.59 Å². The number of unbranched alkanes of at least 4 members (excludes halogenated alkanes) is 1. The molecular weight excluding hydrogens is 323 g/mol. The van der Waals surface area contributed by atoms with Gasteiger partial charge in [0.2, 0.25) is 0 Å². The zero-order valence-electron chi connectivity index (χ0n) is 12.9. The van der Waals surface area contributed by atoms with Crippen LogP contribution < -0.4 is 10.6 Å². The Morgan fingerprint density at radius 2 is 1.91 bits per heavy atom. The first-order valence-electron chi connectivity index (χ1n) is 7.52. The highest BCUT2D eigenvalue weighted by Gasteiger charge is 2.17. The molecule has 0 aliphatic rings. The zero-order valence-corrected chi connectivity index (χ0v) is 14.4. The van der Waals surface area contributed by atoms with Crippen LogP contribution in [0.1, 0.15) is 39.5 Å². The van der Waals surface area contributed by atoms with E-state index in [4.69, 9.17) is 23.2 Å². The van der Waals surface area contributed by atoms with E-state index in [0.29, 0.717) is 23.2 Å². The molecule has 1 rings (SSSR count). The summed E-state index contributed by atoms with van der Waals surface area (Å²) in [5.74, 6) is -1.01. The second-order valence-corrected chi connectivity index (χ2v) is 5.97. The third kappa shape index (κ3) is 5.85. The second kappa shape index (κ2) is 9.70. The van der Waals surface area contributed by atoms with Gasteiger partial charge in [0.1, 0.15) is 0 Å². The molecule has 6 heteroatoms. The fourth-order valence-corrected chi connectivity index (χ4v) is 2.39. The van der Waals surface area contributed by atoms with E-state index in [-0.39, 0.29) is 5.02 Å². The fourth-order valence-electron chi connectivity index (χ4n) is 2.04. The van der Waals surface area contributed by atoms with Gasteiger partial charge >= 0.3 is 11.8 Å². The van der Waals surface area contributed by atoms with Crippen LogP contribution in [0.2, 0.25) is 10.0 Å².